The number of hydrogen-bond acceptors (Lipinski definition) is 4. The topological polar surface area (TPSA) is 64.6 Å². The van der Waals surface area contributed by atoms with Crippen LogP contribution in [-0.4, -0.2) is 25.1 Å². The Hall–Kier alpha value is -2.74. The molecule has 0 fully saturated rings. The first-order chi connectivity index (χ1) is 13.3. The molecule has 0 saturated carbocycles. The Balaban J connectivity index is 1.68. The molecule has 28 heavy (non-hydrogen) atoms. The van der Waals surface area contributed by atoms with Crippen molar-refractivity contribution in [3.63, 3.8) is 0 Å². The number of halogens is 4. The third kappa shape index (κ3) is 6.16. The lowest BCUT2D eigenvalue weighted by atomic mass is 10.2. The monoisotopic (exact) mass is 415 g/mol. The van der Waals surface area contributed by atoms with Gasteiger partial charge in [-0.05, 0) is 49.2 Å². The van der Waals surface area contributed by atoms with Crippen molar-refractivity contribution in [2.75, 3.05) is 18.5 Å². The zero-order valence-electron chi connectivity index (χ0n) is 14.9. The highest BCUT2D eigenvalue weighted by Crippen LogP contribution is 2.21. The normalized spacial score (nSPS) is 10.5. The molecule has 2 rings (SSSR count). The van der Waals surface area contributed by atoms with Gasteiger partial charge in [0, 0.05) is 11.4 Å². The second-order valence-electron chi connectivity index (χ2n) is 5.79. The van der Waals surface area contributed by atoms with E-state index in [4.69, 9.17) is 21.1 Å². The molecule has 0 heterocycles. The summed E-state index contributed by atoms with van der Waals surface area (Å²) in [6.07, 6.45) is 0.347. The highest BCUT2D eigenvalue weighted by molar-refractivity contribution is 6.31. The molecule has 0 spiro atoms. The van der Waals surface area contributed by atoms with E-state index in [9.17, 15) is 22.8 Å². The maximum atomic E-state index is 13.5. The maximum Gasteiger partial charge on any atom is 0.306 e. The van der Waals surface area contributed by atoms with E-state index in [1.54, 1.807) is 18.2 Å². The zero-order chi connectivity index (χ0) is 20.7. The fraction of sp³-hybridized carbons (Fsp3) is 0.263. The summed E-state index contributed by atoms with van der Waals surface area (Å²) in [5, 5.41) is 2.62. The molecule has 1 amide bonds. The molecule has 0 bridgehead atoms. The van der Waals surface area contributed by atoms with Gasteiger partial charge in [0.05, 0.1) is 12.3 Å². The minimum Gasteiger partial charge on any atom is -0.494 e. The van der Waals surface area contributed by atoms with Crippen molar-refractivity contribution < 1.29 is 32.2 Å². The second kappa shape index (κ2) is 9.98. The summed E-state index contributed by atoms with van der Waals surface area (Å²) in [6, 6.07) is 6.71. The summed E-state index contributed by atoms with van der Waals surface area (Å²) in [5.74, 6) is -5.54. The van der Waals surface area contributed by atoms with E-state index in [1.807, 2.05) is 12.2 Å². The number of hydrogen-bond donors (Lipinski definition) is 1. The van der Waals surface area contributed by atoms with Crippen molar-refractivity contribution in [2.24, 2.45) is 0 Å². The van der Waals surface area contributed by atoms with Crippen molar-refractivity contribution in [3.05, 3.63) is 58.4 Å². The second-order valence-corrected chi connectivity index (χ2v) is 6.20. The Morgan fingerprint density at radius 1 is 1.11 bits per heavy atom. The summed E-state index contributed by atoms with van der Waals surface area (Å²) < 4.78 is 49.6. The van der Waals surface area contributed by atoms with Gasteiger partial charge in [-0.2, -0.15) is 0 Å². The molecule has 0 radical (unpaired) electrons. The minimum atomic E-state index is -1.70. The van der Waals surface area contributed by atoms with Crippen LogP contribution in [0.25, 0.3) is 0 Å². The lowest BCUT2D eigenvalue weighted by molar-refractivity contribution is -0.147. The number of carbonyl (C=O) groups excluding carboxylic acids is 2. The first-order valence-corrected chi connectivity index (χ1v) is 8.63. The third-order valence-electron chi connectivity index (χ3n) is 3.60. The summed E-state index contributed by atoms with van der Waals surface area (Å²) in [6.45, 7) is 1.40. The Labute approximate surface area is 164 Å². The number of carbonyl (C=O) groups is 2. The molecule has 0 saturated heterocycles. The van der Waals surface area contributed by atoms with Crippen molar-refractivity contribution in [3.8, 4) is 5.75 Å². The van der Waals surface area contributed by atoms with Crippen molar-refractivity contribution in [2.45, 2.75) is 19.8 Å². The fourth-order valence-corrected chi connectivity index (χ4v) is 2.26. The average molecular weight is 416 g/mol. The smallest absolute Gasteiger partial charge is 0.306 e. The predicted molar refractivity (Wildman–Crippen MR) is 96.8 cm³/mol. The molecule has 0 aliphatic carbocycles. The van der Waals surface area contributed by atoms with Crippen LogP contribution in [0.2, 0.25) is 5.02 Å². The number of nitrogens with one attached hydrogen (secondary N) is 1. The number of ether oxygens (including phenoxy) is 2. The predicted octanol–water partition coefficient (Wildman–Crippen LogP) is 4.41. The molecule has 5 nitrogen and oxygen atoms in total. The van der Waals surface area contributed by atoms with E-state index in [-0.39, 0.29) is 13.0 Å². The number of aryl methyl sites for hydroxylation is 1. The van der Waals surface area contributed by atoms with Crippen LogP contribution in [0.15, 0.2) is 30.3 Å². The van der Waals surface area contributed by atoms with Crippen LogP contribution in [-0.2, 0) is 14.3 Å². The number of esters is 1. The molecule has 2 aromatic carbocycles. The van der Waals surface area contributed by atoms with Gasteiger partial charge in [0.25, 0.3) is 5.91 Å². The van der Waals surface area contributed by atoms with E-state index >= 15 is 0 Å². The van der Waals surface area contributed by atoms with Gasteiger partial charge in [-0.15, -0.1) is 0 Å². The van der Waals surface area contributed by atoms with Crippen molar-refractivity contribution >= 4 is 29.2 Å². The summed E-state index contributed by atoms with van der Waals surface area (Å²) in [7, 11) is 0. The molecular formula is C19H17ClF3NO4. The van der Waals surface area contributed by atoms with Gasteiger partial charge in [-0.25, -0.2) is 13.2 Å². The lowest BCUT2D eigenvalue weighted by Gasteiger charge is -2.09. The van der Waals surface area contributed by atoms with Crippen LogP contribution < -0.4 is 10.1 Å². The number of rotatable bonds is 8. The highest BCUT2D eigenvalue weighted by Gasteiger charge is 2.16. The van der Waals surface area contributed by atoms with E-state index in [2.05, 4.69) is 0 Å². The average Bonchev–Trinajstić information content (AvgIpc) is 2.67. The summed E-state index contributed by atoms with van der Waals surface area (Å²) >= 11 is 5.91. The van der Waals surface area contributed by atoms with E-state index < -0.39 is 41.6 Å². The Bertz CT molecular complexity index is 876. The van der Waals surface area contributed by atoms with E-state index in [0.29, 0.717) is 23.3 Å². The molecular weight excluding hydrogens is 399 g/mol. The minimum absolute atomic E-state index is 0.000606. The highest BCUT2D eigenvalue weighted by atomic mass is 35.5. The summed E-state index contributed by atoms with van der Waals surface area (Å²) in [5.41, 5.74) is 0.314. The zero-order valence-corrected chi connectivity index (χ0v) is 15.6. The van der Waals surface area contributed by atoms with Crippen LogP contribution in [0, 0.1) is 24.4 Å². The van der Waals surface area contributed by atoms with Gasteiger partial charge in [0.2, 0.25) is 0 Å². The van der Waals surface area contributed by atoms with Gasteiger partial charge < -0.3 is 14.8 Å². The fourth-order valence-electron chi connectivity index (χ4n) is 2.14. The Kier molecular flexibility index (Phi) is 7.69. The SMILES string of the molecule is Cc1cc(OCCCC(=O)OCC(=O)Nc2ccc(F)c(F)c2F)ccc1Cl. The molecule has 0 atom stereocenters. The molecule has 0 unspecified atom stereocenters. The van der Waals surface area contributed by atoms with Crippen LogP contribution in [0.4, 0.5) is 18.9 Å². The molecule has 2 aromatic rings. The van der Waals surface area contributed by atoms with Crippen LogP contribution >= 0.6 is 11.6 Å². The largest absolute Gasteiger partial charge is 0.494 e. The van der Waals surface area contributed by atoms with E-state index in [0.717, 1.165) is 11.6 Å². The summed E-state index contributed by atoms with van der Waals surface area (Å²) in [4.78, 5) is 23.2. The molecule has 150 valence electrons. The first-order valence-electron chi connectivity index (χ1n) is 8.26. The molecule has 9 heteroatoms. The van der Waals surface area contributed by atoms with Gasteiger partial charge in [0.15, 0.2) is 24.1 Å². The Morgan fingerprint density at radius 3 is 2.57 bits per heavy atom. The quantitative estimate of drug-likeness (QED) is 0.394. The van der Waals surface area contributed by atoms with Gasteiger partial charge in [-0.3, -0.25) is 9.59 Å². The molecule has 0 aliphatic heterocycles. The van der Waals surface area contributed by atoms with Gasteiger partial charge in [-0.1, -0.05) is 11.6 Å². The van der Waals surface area contributed by atoms with Crippen LogP contribution in [0.5, 0.6) is 5.75 Å². The van der Waals surface area contributed by atoms with Crippen molar-refractivity contribution in [1.82, 2.24) is 0 Å². The first kappa shape index (κ1) is 21.6. The standard InChI is InChI=1S/C19H17ClF3NO4/c1-11-9-12(4-5-13(11)20)27-8-2-3-17(26)28-10-16(25)24-15-7-6-14(21)18(22)19(15)23/h4-7,9H,2-3,8,10H2,1H3,(H,24,25). The lowest BCUT2D eigenvalue weighted by Crippen LogP contribution is -2.22. The Morgan fingerprint density at radius 2 is 1.86 bits per heavy atom. The number of benzene rings is 2. The van der Waals surface area contributed by atoms with Crippen molar-refractivity contribution in [1.29, 1.82) is 0 Å². The molecule has 0 aromatic heterocycles. The molecule has 1 N–H and O–H groups in total. The van der Waals surface area contributed by atoms with Crippen LogP contribution in [0.1, 0.15) is 18.4 Å². The van der Waals surface area contributed by atoms with Gasteiger partial charge >= 0.3 is 5.97 Å². The number of amides is 1. The maximum absolute atomic E-state index is 13.5. The van der Waals surface area contributed by atoms with Crippen LogP contribution in [0.3, 0.4) is 0 Å². The number of anilines is 1. The molecule has 0 aliphatic rings. The third-order valence-corrected chi connectivity index (χ3v) is 4.02. The van der Waals surface area contributed by atoms with Gasteiger partial charge in [0.1, 0.15) is 5.75 Å². The van der Waals surface area contributed by atoms with E-state index in [1.165, 1.54) is 0 Å².